The van der Waals surface area contributed by atoms with Crippen molar-refractivity contribution >= 4 is 11.9 Å². The smallest absolute Gasteiger partial charge is 0.330 e. The molecule has 0 aromatic carbocycles. The van der Waals surface area contributed by atoms with Gasteiger partial charge in [0, 0.05) is 26.2 Å². The summed E-state index contributed by atoms with van der Waals surface area (Å²) in [4.78, 5) is 21.6. The second-order valence-electron chi connectivity index (χ2n) is 2.69. The zero-order valence-corrected chi connectivity index (χ0v) is 8.86. The summed E-state index contributed by atoms with van der Waals surface area (Å²) in [5.41, 5.74) is 0. The van der Waals surface area contributed by atoms with E-state index >= 15 is 0 Å². The van der Waals surface area contributed by atoms with Crippen molar-refractivity contribution in [2.45, 2.75) is 12.8 Å². The van der Waals surface area contributed by atoms with Crippen LogP contribution in [0.15, 0.2) is 12.7 Å². The Morgan fingerprint density at radius 2 is 1.87 bits per heavy atom. The van der Waals surface area contributed by atoms with Crippen LogP contribution in [-0.2, 0) is 23.8 Å². The third kappa shape index (κ3) is 8.96. The topological polar surface area (TPSA) is 61.8 Å². The summed E-state index contributed by atoms with van der Waals surface area (Å²) < 4.78 is 14.2. The first kappa shape index (κ1) is 13.6. The predicted octanol–water partition coefficient (Wildman–Crippen LogP) is 0.685. The van der Waals surface area contributed by atoms with Gasteiger partial charge in [0.15, 0.2) is 0 Å². The minimum atomic E-state index is -0.523. The Morgan fingerprint density at radius 3 is 2.47 bits per heavy atom. The standard InChI is InChI=1S/C10H16O5/c1-3-9(11)14-7-8-15-10(12)5-4-6-13-2/h3H,1,4-8H2,2H3. The van der Waals surface area contributed by atoms with Gasteiger partial charge in [0.05, 0.1) is 0 Å². The summed E-state index contributed by atoms with van der Waals surface area (Å²) in [6.07, 6.45) is 1.99. The first-order valence-corrected chi connectivity index (χ1v) is 4.64. The van der Waals surface area contributed by atoms with Crippen LogP contribution in [0.25, 0.3) is 0 Å². The molecule has 5 heteroatoms. The average Bonchev–Trinajstić information content (AvgIpc) is 2.24. The summed E-state index contributed by atoms with van der Waals surface area (Å²) in [6.45, 7) is 3.89. The second-order valence-corrected chi connectivity index (χ2v) is 2.69. The zero-order chi connectivity index (χ0) is 11.5. The summed E-state index contributed by atoms with van der Waals surface area (Å²) >= 11 is 0. The van der Waals surface area contributed by atoms with E-state index in [0.29, 0.717) is 19.4 Å². The lowest BCUT2D eigenvalue weighted by atomic mass is 10.3. The molecule has 0 spiro atoms. The van der Waals surface area contributed by atoms with E-state index in [2.05, 4.69) is 11.3 Å². The lowest BCUT2D eigenvalue weighted by molar-refractivity contribution is -0.149. The molecule has 0 aromatic rings. The summed E-state index contributed by atoms with van der Waals surface area (Å²) in [5, 5.41) is 0. The van der Waals surface area contributed by atoms with E-state index in [0.717, 1.165) is 6.08 Å². The maximum absolute atomic E-state index is 11.0. The van der Waals surface area contributed by atoms with Gasteiger partial charge in [-0.05, 0) is 6.42 Å². The van der Waals surface area contributed by atoms with E-state index in [1.807, 2.05) is 0 Å². The van der Waals surface area contributed by atoms with Crippen LogP contribution < -0.4 is 0 Å². The predicted molar refractivity (Wildman–Crippen MR) is 53.2 cm³/mol. The van der Waals surface area contributed by atoms with Crippen LogP contribution in [0.5, 0.6) is 0 Å². The van der Waals surface area contributed by atoms with Crippen molar-refractivity contribution in [3.05, 3.63) is 12.7 Å². The van der Waals surface area contributed by atoms with Gasteiger partial charge in [-0.25, -0.2) is 4.79 Å². The molecule has 0 aliphatic heterocycles. The van der Waals surface area contributed by atoms with Crippen molar-refractivity contribution in [2.75, 3.05) is 26.9 Å². The number of ether oxygens (including phenoxy) is 3. The lowest BCUT2D eigenvalue weighted by Crippen LogP contribution is -2.12. The molecule has 0 radical (unpaired) electrons. The first-order valence-electron chi connectivity index (χ1n) is 4.64. The molecule has 0 aliphatic carbocycles. The van der Waals surface area contributed by atoms with Crippen molar-refractivity contribution in [1.29, 1.82) is 0 Å². The monoisotopic (exact) mass is 216 g/mol. The van der Waals surface area contributed by atoms with Gasteiger partial charge in [0.1, 0.15) is 13.2 Å². The summed E-state index contributed by atoms with van der Waals surface area (Å²) in [7, 11) is 1.57. The molecule has 0 heterocycles. The summed E-state index contributed by atoms with van der Waals surface area (Å²) in [6, 6.07) is 0. The number of esters is 2. The van der Waals surface area contributed by atoms with Crippen LogP contribution in [0, 0.1) is 0 Å². The highest BCUT2D eigenvalue weighted by molar-refractivity contribution is 5.81. The Kier molecular flexibility index (Phi) is 8.37. The van der Waals surface area contributed by atoms with Crippen LogP contribution in [0.3, 0.4) is 0 Å². The average molecular weight is 216 g/mol. The molecule has 15 heavy (non-hydrogen) atoms. The van der Waals surface area contributed by atoms with E-state index in [4.69, 9.17) is 9.47 Å². The van der Waals surface area contributed by atoms with Crippen LogP contribution in [0.4, 0.5) is 0 Å². The number of methoxy groups -OCH3 is 1. The van der Waals surface area contributed by atoms with Crippen molar-refractivity contribution in [2.24, 2.45) is 0 Å². The number of hydrogen-bond acceptors (Lipinski definition) is 5. The lowest BCUT2D eigenvalue weighted by Gasteiger charge is -2.04. The molecule has 5 nitrogen and oxygen atoms in total. The number of carbonyl (C=O) groups excluding carboxylic acids is 2. The van der Waals surface area contributed by atoms with Gasteiger partial charge in [0.25, 0.3) is 0 Å². The molecule has 0 rings (SSSR count). The molecular formula is C10H16O5. The van der Waals surface area contributed by atoms with Crippen molar-refractivity contribution in [3.63, 3.8) is 0 Å². The Labute approximate surface area is 89.0 Å². The molecule has 86 valence electrons. The maximum atomic E-state index is 11.0. The molecule has 0 N–H and O–H groups in total. The SMILES string of the molecule is C=CC(=O)OCCOC(=O)CCCOC. The molecule has 0 fully saturated rings. The fraction of sp³-hybridized carbons (Fsp3) is 0.600. The van der Waals surface area contributed by atoms with Gasteiger partial charge in [0.2, 0.25) is 0 Å². The van der Waals surface area contributed by atoms with E-state index in [9.17, 15) is 9.59 Å². The van der Waals surface area contributed by atoms with Gasteiger partial charge >= 0.3 is 11.9 Å². The van der Waals surface area contributed by atoms with Crippen LogP contribution >= 0.6 is 0 Å². The largest absolute Gasteiger partial charge is 0.462 e. The highest BCUT2D eigenvalue weighted by atomic mass is 16.6. The molecule has 0 aromatic heterocycles. The maximum Gasteiger partial charge on any atom is 0.330 e. The molecule has 0 amide bonds. The van der Waals surface area contributed by atoms with Gasteiger partial charge in [-0.1, -0.05) is 6.58 Å². The van der Waals surface area contributed by atoms with Crippen molar-refractivity contribution in [1.82, 2.24) is 0 Å². The molecule has 0 aliphatic rings. The highest BCUT2D eigenvalue weighted by Gasteiger charge is 2.02. The third-order valence-corrected chi connectivity index (χ3v) is 1.49. The highest BCUT2D eigenvalue weighted by Crippen LogP contribution is 1.93. The van der Waals surface area contributed by atoms with E-state index in [1.54, 1.807) is 7.11 Å². The Morgan fingerprint density at radius 1 is 1.20 bits per heavy atom. The van der Waals surface area contributed by atoms with E-state index < -0.39 is 5.97 Å². The molecule has 0 atom stereocenters. The second kappa shape index (κ2) is 9.21. The fourth-order valence-corrected chi connectivity index (χ4v) is 0.790. The van der Waals surface area contributed by atoms with Gasteiger partial charge in [-0.2, -0.15) is 0 Å². The van der Waals surface area contributed by atoms with E-state index in [1.165, 1.54) is 0 Å². The quantitative estimate of drug-likeness (QED) is 0.339. The van der Waals surface area contributed by atoms with Crippen molar-refractivity contribution < 1.29 is 23.8 Å². The minimum Gasteiger partial charge on any atom is -0.462 e. The fourth-order valence-electron chi connectivity index (χ4n) is 0.790. The number of carbonyl (C=O) groups is 2. The molecule has 0 unspecified atom stereocenters. The molecule has 0 saturated heterocycles. The molecular weight excluding hydrogens is 200 g/mol. The molecule has 0 bridgehead atoms. The van der Waals surface area contributed by atoms with Crippen molar-refractivity contribution in [3.8, 4) is 0 Å². The zero-order valence-electron chi connectivity index (χ0n) is 8.86. The van der Waals surface area contributed by atoms with Gasteiger partial charge < -0.3 is 14.2 Å². The molecule has 0 saturated carbocycles. The number of rotatable bonds is 8. The van der Waals surface area contributed by atoms with Gasteiger partial charge in [-0.15, -0.1) is 0 Å². The number of hydrogen-bond donors (Lipinski definition) is 0. The first-order chi connectivity index (χ1) is 7.20. The summed E-state index contributed by atoms with van der Waals surface area (Å²) in [5.74, 6) is -0.841. The Hall–Kier alpha value is -1.36. The van der Waals surface area contributed by atoms with Crippen LogP contribution in [0.2, 0.25) is 0 Å². The minimum absolute atomic E-state index is 0.0564. The Balaban J connectivity index is 3.31. The Bertz CT molecular complexity index is 212. The van der Waals surface area contributed by atoms with E-state index in [-0.39, 0.29) is 19.2 Å². The van der Waals surface area contributed by atoms with Crippen LogP contribution in [0.1, 0.15) is 12.8 Å². The third-order valence-electron chi connectivity index (χ3n) is 1.49. The normalized spacial score (nSPS) is 9.40. The van der Waals surface area contributed by atoms with Gasteiger partial charge in [-0.3, -0.25) is 4.79 Å². The van der Waals surface area contributed by atoms with Crippen LogP contribution in [-0.4, -0.2) is 38.9 Å².